The molecule has 1 fully saturated rings. The van der Waals surface area contributed by atoms with Crippen molar-refractivity contribution in [2.24, 2.45) is 10.8 Å². The molecule has 0 aromatic carbocycles. The van der Waals surface area contributed by atoms with Crippen molar-refractivity contribution in [3.8, 4) is 0 Å². The van der Waals surface area contributed by atoms with Gasteiger partial charge in [-0.3, -0.25) is 0 Å². The van der Waals surface area contributed by atoms with Gasteiger partial charge in [0, 0.05) is 24.2 Å². The number of hydrogen-bond donors (Lipinski definition) is 2. The van der Waals surface area contributed by atoms with Crippen molar-refractivity contribution in [3.63, 3.8) is 0 Å². The number of alkyl carbamates (subject to hydrolysis) is 2. The van der Waals surface area contributed by atoms with Crippen molar-refractivity contribution in [2.75, 3.05) is 26.4 Å². The Bertz CT molecular complexity index is 779. The first-order valence-corrected chi connectivity index (χ1v) is 11.3. The van der Waals surface area contributed by atoms with Crippen LogP contribution in [0.3, 0.4) is 0 Å². The van der Waals surface area contributed by atoms with Crippen molar-refractivity contribution in [1.82, 2.24) is 10.6 Å². The van der Waals surface area contributed by atoms with Crippen LogP contribution in [0.5, 0.6) is 0 Å². The molecule has 0 aromatic rings. The van der Waals surface area contributed by atoms with Crippen molar-refractivity contribution >= 4 is 24.1 Å². The molecule has 10 nitrogen and oxygen atoms in total. The summed E-state index contributed by atoms with van der Waals surface area (Å²) < 4.78 is 20.3. The van der Waals surface area contributed by atoms with Crippen molar-refractivity contribution in [3.05, 3.63) is 24.8 Å². The van der Waals surface area contributed by atoms with E-state index in [0.29, 0.717) is 13.0 Å². The highest BCUT2D eigenvalue weighted by atomic mass is 16.6. The molecule has 0 bridgehead atoms. The van der Waals surface area contributed by atoms with Crippen molar-refractivity contribution in [2.45, 2.75) is 66.0 Å². The molecule has 0 radical (unpaired) electrons. The highest BCUT2D eigenvalue weighted by Crippen LogP contribution is 2.45. The lowest BCUT2D eigenvalue weighted by atomic mass is 9.62. The Morgan fingerprint density at radius 1 is 1.06 bits per heavy atom. The highest BCUT2D eigenvalue weighted by molar-refractivity contribution is 5.87. The Balaban J connectivity index is 2.73. The van der Waals surface area contributed by atoms with Gasteiger partial charge in [-0.1, -0.05) is 33.9 Å². The predicted octanol–water partition coefficient (Wildman–Crippen LogP) is 3.26. The van der Waals surface area contributed by atoms with Gasteiger partial charge in [0.15, 0.2) is 6.10 Å². The van der Waals surface area contributed by atoms with Crippen LogP contribution >= 0.6 is 0 Å². The molecule has 0 saturated heterocycles. The highest BCUT2D eigenvalue weighted by Gasteiger charge is 2.42. The normalized spacial score (nSPS) is 21.9. The van der Waals surface area contributed by atoms with Crippen LogP contribution < -0.4 is 10.6 Å². The van der Waals surface area contributed by atoms with E-state index >= 15 is 0 Å². The van der Waals surface area contributed by atoms with Crippen LogP contribution in [0.2, 0.25) is 0 Å². The molecular formula is C24H38N2O8. The number of ether oxygens (including phenoxy) is 4. The molecule has 1 aliphatic rings. The summed E-state index contributed by atoms with van der Waals surface area (Å²) in [7, 11) is 0. The van der Waals surface area contributed by atoms with Gasteiger partial charge in [-0.25, -0.2) is 19.2 Å². The third-order valence-electron chi connectivity index (χ3n) is 5.30. The van der Waals surface area contributed by atoms with Gasteiger partial charge in [0.25, 0.3) is 0 Å². The number of rotatable bonds is 11. The lowest BCUT2D eigenvalue weighted by Gasteiger charge is -2.46. The average Bonchev–Trinajstić information content (AvgIpc) is 2.72. The van der Waals surface area contributed by atoms with Crippen molar-refractivity contribution in [1.29, 1.82) is 0 Å². The van der Waals surface area contributed by atoms with E-state index < -0.39 is 30.2 Å². The van der Waals surface area contributed by atoms with Gasteiger partial charge < -0.3 is 29.6 Å². The SMILES string of the molecule is C=CC(=O)OCC(COC(=O)C(=C)C)OC(=O)NCC1(C)CC(NC(=O)OCC)CC(C)(C)C1. The molecule has 3 unspecified atom stereocenters. The lowest BCUT2D eigenvalue weighted by molar-refractivity contribution is -0.147. The molecule has 1 rings (SSSR count). The third kappa shape index (κ3) is 10.7. The Morgan fingerprint density at radius 2 is 1.71 bits per heavy atom. The molecule has 1 aliphatic carbocycles. The molecule has 2 amide bonds. The maximum atomic E-state index is 12.5. The summed E-state index contributed by atoms with van der Waals surface area (Å²) in [6.45, 7) is 16.3. The zero-order valence-electron chi connectivity index (χ0n) is 20.9. The first-order chi connectivity index (χ1) is 15.8. The maximum absolute atomic E-state index is 12.5. The number of esters is 2. The molecule has 0 aliphatic heterocycles. The monoisotopic (exact) mass is 482 g/mol. The Morgan fingerprint density at radius 3 is 2.29 bits per heavy atom. The Hall–Kier alpha value is -3.04. The van der Waals surface area contributed by atoms with Crippen LogP contribution in [0.15, 0.2) is 24.8 Å². The quantitative estimate of drug-likeness (QED) is 0.261. The summed E-state index contributed by atoms with van der Waals surface area (Å²) in [6.07, 6.45) is 1.01. The summed E-state index contributed by atoms with van der Waals surface area (Å²) in [5, 5.41) is 5.65. The molecule has 0 heterocycles. The molecule has 34 heavy (non-hydrogen) atoms. The van der Waals surface area contributed by atoms with Crippen LogP contribution in [-0.4, -0.2) is 62.6 Å². The van der Waals surface area contributed by atoms with Gasteiger partial charge >= 0.3 is 24.1 Å². The molecule has 0 aromatic heterocycles. The van der Waals surface area contributed by atoms with Crippen LogP contribution in [0, 0.1) is 10.8 Å². The minimum atomic E-state index is -1.01. The largest absolute Gasteiger partial charge is 0.458 e. The number of nitrogens with one attached hydrogen (secondary N) is 2. The zero-order chi connectivity index (χ0) is 25.9. The van der Waals surface area contributed by atoms with Crippen LogP contribution in [0.25, 0.3) is 0 Å². The van der Waals surface area contributed by atoms with Gasteiger partial charge in [-0.15, -0.1) is 0 Å². The van der Waals surface area contributed by atoms with E-state index in [9.17, 15) is 19.2 Å². The van der Waals surface area contributed by atoms with Gasteiger partial charge in [0.05, 0.1) is 6.61 Å². The standard InChI is InChI=1S/C24H38N2O8/c1-8-19(27)32-12-18(13-33-20(28)16(3)4)34-21(29)25-15-24(7)11-17(10-23(5,6)14-24)26-22(30)31-9-2/h8,17-18H,1,3,9-15H2,2,4-7H3,(H,25,29)(H,26,30). The van der Waals surface area contributed by atoms with Crippen molar-refractivity contribution < 1.29 is 38.1 Å². The topological polar surface area (TPSA) is 129 Å². The van der Waals surface area contributed by atoms with Gasteiger partial charge in [-0.05, 0) is 43.9 Å². The van der Waals surface area contributed by atoms with E-state index in [1.165, 1.54) is 6.92 Å². The van der Waals surface area contributed by atoms with Crippen LogP contribution in [0.4, 0.5) is 9.59 Å². The number of hydrogen-bond acceptors (Lipinski definition) is 8. The molecule has 10 heteroatoms. The van der Waals surface area contributed by atoms with E-state index in [0.717, 1.165) is 18.9 Å². The molecule has 1 saturated carbocycles. The fourth-order valence-electron chi connectivity index (χ4n) is 4.33. The lowest BCUT2D eigenvalue weighted by Crippen LogP contribution is -2.50. The van der Waals surface area contributed by atoms with Gasteiger partial charge in [-0.2, -0.15) is 0 Å². The van der Waals surface area contributed by atoms with Gasteiger partial charge in [0.1, 0.15) is 13.2 Å². The average molecular weight is 483 g/mol. The second-order valence-electron chi connectivity index (χ2n) is 9.72. The smallest absolute Gasteiger partial charge is 0.407 e. The number of carbonyl (C=O) groups excluding carboxylic acids is 4. The second-order valence-corrected chi connectivity index (χ2v) is 9.72. The summed E-state index contributed by atoms with van der Waals surface area (Å²) in [5.41, 5.74) is -0.201. The zero-order valence-corrected chi connectivity index (χ0v) is 20.9. The number of carbonyl (C=O) groups is 4. The van der Waals surface area contributed by atoms with E-state index in [1.807, 2.05) is 6.92 Å². The predicted molar refractivity (Wildman–Crippen MR) is 125 cm³/mol. The van der Waals surface area contributed by atoms with E-state index in [-0.39, 0.29) is 42.3 Å². The maximum Gasteiger partial charge on any atom is 0.407 e. The van der Waals surface area contributed by atoms with E-state index in [4.69, 9.17) is 18.9 Å². The summed E-state index contributed by atoms with van der Waals surface area (Å²) in [5.74, 6) is -1.35. The first kappa shape index (κ1) is 29.0. The summed E-state index contributed by atoms with van der Waals surface area (Å²) in [4.78, 5) is 47.4. The molecule has 0 spiro atoms. The molecule has 192 valence electrons. The first-order valence-electron chi connectivity index (χ1n) is 11.3. The molecular weight excluding hydrogens is 444 g/mol. The minimum Gasteiger partial charge on any atom is -0.458 e. The Kier molecular flexibility index (Phi) is 11.1. The summed E-state index contributed by atoms with van der Waals surface area (Å²) >= 11 is 0. The summed E-state index contributed by atoms with van der Waals surface area (Å²) in [6, 6.07) is -0.0989. The fraction of sp³-hybridized carbons (Fsp3) is 0.667. The van der Waals surface area contributed by atoms with Crippen LogP contribution in [0.1, 0.15) is 53.9 Å². The minimum absolute atomic E-state index is 0.0685. The molecule has 2 N–H and O–H groups in total. The number of amides is 2. The van der Waals surface area contributed by atoms with Gasteiger partial charge in [0.2, 0.25) is 0 Å². The fourth-order valence-corrected chi connectivity index (χ4v) is 4.33. The van der Waals surface area contributed by atoms with E-state index in [2.05, 4.69) is 37.6 Å². The Labute approximate surface area is 201 Å². The third-order valence-corrected chi connectivity index (χ3v) is 5.30. The van der Waals surface area contributed by atoms with Crippen LogP contribution in [-0.2, 0) is 28.5 Å². The molecule has 3 atom stereocenters. The van der Waals surface area contributed by atoms with E-state index in [1.54, 1.807) is 6.92 Å². The second kappa shape index (κ2) is 13.0.